The summed E-state index contributed by atoms with van der Waals surface area (Å²) in [6.45, 7) is 6.00. The van der Waals surface area contributed by atoms with Crippen LogP contribution in [0.1, 0.15) is 0 Å². The second kappa shape index (κ2) is 6.51. The molecule has 3 aliphatic rings. The lowest BCUT2D eigenvalue weighted by Crippen LogP contribution is -2.60. The van der Waals surface area contributed by atoms with Gasteiger partial charge >= 0.3 is 0 Å². The molecule has 6 nitrogen and oxygen atoms in total. The molecular formula is C14H24N2O4. The number of hydrogen-bond donors (Lipinski definition) is 2. The molecule has 0 saturated carbocycles. The molecule has 114 valence electrons. The highest BCUT2D eigenvalue weighted by Gasteiger charge is 2.39. The van der Waals surface area contributed by atoms with Crippen molar-refractivity contribution in [2.75, 3.05) is 52.6 Å². The molecule has 0 radical (unpaired) electrons. The van der Waals surface area contributed by atoms with Crippen LogP contribution < -0.4 is 0 Å². The Morgan fingerprint density at radius 2 is 1.05 bits per heavy atom. The standard InChI is InChI=1S/C14H24N2O4/c17-13-11(15-3-7-19-8-4-15)1-2-12(14(13)18)16-5-9-20-10-6-16/h1-2,11-14,17-18H,3-10H2/t11-,12-,13+,14+/m1/s1. The van der Waals surface area contributed by atoms with Crippen molar-refractivity contribution in [2.24, 2.45) is 0 Å². The fraction of sp³-hybridized carbons (Fsp3) is 0.857. The summed E-state index contributed by atoms with van der Waals surface area (Å²) in [5.74, 6) is 0. The lowest BCUT2D eigenvalue weighted by atomic mass is 9.90. The average molecular weight is 284 g/mol. The molecule has 2 fully saturated rings. The topological polar surface area (TPSA) is 65.4 Å². The van der Waals surface area contributed by atoms with Crippen LogP contribution in [0.2, 0.25) is 0 Å². The Balaban J connectivity index is 1.68. The van der Waals surface area contributed by atoms with Crippen molar-refractivity contribution in [3.05, 3.63) is 12.2 Å². The van der Waals surface area contributed by atoms with Gasteiger partial charge in [0.25, 0.3) is 0 Å². The van der Waals surface area contributed by atoms with Crippen LogP contribution >= 0.6 is 0 Å². The van der Waals surface area contributed by atoms with Crippen LogP contribution in [0.25, 0.3) is 0 Å². The van der Waals surface area contributed by atoms with E-state index in [2.05, 4.69) is 9.80 Å². The molecule has 0 aromatic heterocycles. The lowest BCUT2D eigenvalue weighted by molar-refractivity contribution is -0.0886. The molecule has 1 aliphatic carbocycles. The van der Waals surface area contributed by atoms with Gasteiger partial charge in [0.15, 0.2) is 0 Å². The Labute approximate surface area is 119 Å². The summed E-state index contributed by atoms with van der Waals surface area (Å²) >= 11 is 0. The highest BCUT2D eigenvalue weighted by atomic mass is 16.5. The van der Waals surface area contributed by atoms with Crippen LogP contribution in [0.3, 0.4) is 0 Å². The molecule has 0 unspecified atom stereocenters. The van der Waals surface area contributed by atoms with E-state index in [1.807, 2.05) is 12.2 Å². The molecule has 2 aliphatic heterocycles. The number of aliphatic hydroxyl groups is 2. The van der Waals surface area contributed by atoms with Crippen molar-refractivity contribution in [1.29, 1.82) is 0 Å². The second-order valence-electron chi connectivity index (χ2n) is 5.64. The van der Waals surface area contributed by atoms with E-state index in [0.29, 0.717) is 26.4 Å². The van der Waals surface area contributed by atoms with E-state index in [9.17, 15) is 10.2 Å². The van der Waals surface area contributed by atoms with E-state index in [-0.39, 0.29) is 12.1 Å². The van der Waals surface area contributed by atoms with E-state index in [4.69, 9.17) is 9.47 Å². The summed E-state index contributed by atoms with van der Waals surface area (Å²) in [5.41, 5.74) is 0. The summed E-state index contributed by atoms with van der Waals surface area (Å²) in [7, 11) is 0. The lowest BCUT2D eigenvalue weighted by Gasteiger charge is -2.44. The minimum absolute atomic E-state index is 0.105. The van der Waals surface area contributed by atoms with E-state index < -0.39 is 12.2 Å². The van der Waals surface area contributed by atoms with E-state index in [1.165, 1.54) is 0 Å². The van der Waals surface area contributed by atoms with E-state index >= 15 is 0 Å². The molecule has 2 heterocycles. The smallest absolute Gasteiger partial charge is 0.101 e. The molecular weight excluding hydrogens is 260 g/mol. The Bertz CT molecular complexity index is 308. The van der Waals surface area contributed by atoms with Gasteiger partial charge in [0.2, 0.25) is 0 Å². The van der Waals surface area contributed by atoms with E-state index in [0.717, 1.165) is 26.2 Å². The third-order valence-corrected chi connectivity index (χ3v) is 4.49. The van der Waals surface area contributed by atoms with Gasteiger partial charge in [0.05, 0.1) is 38.5 Å². The number of rotatable bonds is 2. The highest BCUT2D eigenvalue weighted by Crippen LogP contribution is 2.23. The van der Waals surface area contributed by atoms with Crippen LogP contribution in [0.4, 0.5) is 0 Å². The maximum Gasteiger partial charge on any atom is 0.101 e. The monoisotopic (exact) mass is 284 g/mol. The van der Waals surface area contributed by atoms with Crippen molar-refractivity contribution in [1.82, 2.24) is 9.80 Å². The zero-order valence-electron chi connectivity index (χ0n) is 11.7. The summed E-state index contributed by atoms with van der Waals surface area (Å²) < 4.78 is 10.7. The number of aliphatic hydroxyl groups excluding tert-OH is 2. The quantitative estimate of drug-likeness (QED) is 0.613. The maximum absolute atomic E-state index is 10.4. The Morgan fingerprint density at radius 3 is 1.40 bits per heavy atom. The molecule has 0 amide bonds. The largest absolute Gasteiger partial charge is 0.388 e. The summed E-state index contributed by atoms with van der Waals surface area (Å²) in [6.07, 6.45) is 2.60. The number of morpholine rings is 2. The first-order chi connectivity index (χ1) is 9.77. The second-order valence-corrected chi connectivity index (χ2v) is 5.64. The molecule has 3 rings (SSSR count). The predicted octanol–water partition coefficient (Wildman–Crippen LogP) is -1.32. The number of hydrogen-bond acceptors (Lipinski definition) is 6. The van der Waals surface area contributed by atoms with E-state index in [1.54, 1.807) is 0 Å². The Hall–Kier alpha value is -0.500. The van der Waals surface area contributed by atoms with Crippen molar-refractivity contribution < 1.29 is 19.7 Å². The first-order valence-electron chi connectivity index (χ1n) is 7.45. The van der Waals surface area contributed by atoms with Gasteiger partial charge in [-0.25, -0.2) is 0 Å². The van der Waals surface area contributed by atoms with Crippen LogP contribution in [-0.4, -0.2) is 96.9 Å². The van der Waals surface area contributed by atoms with Gasteiger partial charge < -0.3 is 19.7 Å². The molecule has 0 bridgehead atoms. The Morgan fingerprint density at radius 1 is 0.700 bits per heavy atom. The van der Waals surface area contributed by atoms with Crippen LogP contribution in [0.5, 0.6) is 0 Å². The van der Waals surface area contributed by atoms with Crippen LogP contribution in [-0.2, 0) is 9.47 Å². The number of ether oxygens (including phenoxy) is 2. The zero-order chi connectivity index (χ0) is 13.9. The third kappa shape index (κ3) is 2.90. The minimum Gasteiger partial charge on any atom is -0.388 e. The van der Waals surface area contributed by atoms with Crippen molar-refractivity contribution in [3.8, 4) is 0 Å². The maximum atomic E-state index is 10.4. The minimum atomic E-state index is -0.744. The SMILES string of the molecule is O[C@@H]1[C@@H](O)[C@H](N2CCOCC2)C=C[C@H]1N1CCOCC1. The fourth-order valence-corrected chi connectivity index (χ4v) is 3.29. The summed E-state index contributed by atoms with van der Waals surface area (Å²) in [5, 5.41) is 20.9. The molecule has 0 aromatic carbocycles. The summed E-state index contributed by atoms with van der Waals surface area (Å²) in [4.78, 5) is 4.37. The molecule has 0 aromatic rings. The molecule has 2 N–H and O–H groups in total. The van der Waals surface area contributed by atoms with Crippen LogP contribution in [0.15, 0.2) is 12.2 Å². The van der Waals surface area contributed by atoms with Crippen molar-refractivity contribution in [2.45, 2.75) is 24.3 Å². The first kappa shape index (κ1) is 14.4. The molecule has 20 heavy (non-hydrogen) atoms. The van der Waals surface area contributed by atoms with Gasteiger partial charge in [-0.15, -0.1) is 0 Å². The predicted molar refractivity (Wildman–Crippen MR) is 73.5 cm³/mol. The van der Waals surface area contributed by atoms with Crippen molar-refractivity contribution in [3.63, 3.8) is 0 Å². The third-order valence-electron chi connectivity index (χ3n) is 4.49. The van der Waals surface area contributed by atoms with Crippen molar-refractivity contribution >= 4 is 0 Å². The Kier molecular flexibility index (Phi) is 4.70. The van der Waals surface area contributed by atoms with Gasteiger partial charge in [0, 0.05) is 26.2 Å². The van der Waals surface area contributed by atoms with Gasteiger partial charge in [-0.2, -0.15) is 0 Å². The van der Waals surface area contributed by atoms with Crippen LogP contribution in [0, 0.1) is 0 Å². The first-order valence-corrected chi connectivity index (χ1v) is 7.45. The van der Waals surface area contributed by atoms with Gasteiger partial charge in [-0.3, -0.25) is 9.80 Å². The molecule has 2 saturated heterocycles. The normalized spacial score (nSPS) is 40.9. The zero-order valence-corrected chi connectivity index (χ0v) is 11.7. The van der Waals surface area contributed by atoms with Gasteiger partial charge in [-0.1, -0.05) is 12.2 Å². The summed E-state index contributed by atoms with van der Waals surface area (Å²) in [6, 6.07) is -0.211. The van der Waals surface area contributed by atoms with Gasteiger partial charge in [-0.05, 0) is 0 Å². The number of nitrogens with zero attached hydrogens (tertiary/aromatic N) is 2. The van der Waals surface area contributed by atoms with Gasteiger partial charge in [0.1, 0.15) is 12.2 Å². The highest BCUT2D eigenvalue weighted by molar-refractivity contribution is 5.14. The fourth-order valence-electron chi connectivity index (χ4n) is 3.29. The molecule has 0 spiro atoms. The molecule has 4 atom stereocenters. The average Bonchev–Trinajstić information content (AvgIpc) is 2.52. The molecule has 6 heteroatoms.